The second-order valence-electron chi connectivity index (χ2n) is 7.88. The minimum Gasteiger partial charge on any atom is -0.256 e. The molecular weight excluding hydrogens is 382 g/mol. The van der Waals surface area contributed by atoms with Crippen LogP contribution in [0.1, 0.15) is 38.2 Å². The monoisotopic (exact) mass is 407 g/mol. The molecule has 3 aromatic carbocycles. The molecule has 5 rings (SSSR count). The molecule has 2 heteroatoms. The van der Waals surface area contributed by atoms with Crippen LogP contribution in [0.4, 0.5) is 0 Å². The van der Waals surface area contributed by atoms with Crippen molar-refractivity contribution in [1.82, 2.24) is 4.98 Å². The molecule has 148 valence electrons. The molecule has 0 unspecified atom stereocenters. The summed E-state index contributed by atoms with van der Waals surface area (Å²) in [4.78, 5) is 4.70. The fourth-order valence-electron chi connectivity index (χ4n) is 4.37. The molecule has 0 bridgehead atoms. The number of hydrogen-bond donors (Lipinski definition) is 0. The van der Waals surface area contributed by atoms with Gasteiger partial charge in [0.1, 0.15) is 0 Å². The molecule has 0 aliphatic heterocycles. The molecule has 0 aliphatic carbocycles. The summed E-state index contributed by atoms with van der Waals surface area (Å²) in [5.74, 6) is 0.603. The summed E-state index contributed by atoms with van der Waals surface area (Å²) in [7, 11) is 0. The van der Waals surface area contributed by atoms with Crippen molar-refractivity contribution in [2.24, 2.45) is 0 Å². The quantitative estimate of drug-likeness (QED) is 0.284. The average Bonchev–Trinajstić information content (AvgIpc) is 3.18. The van der Waals surface area contributed by atoms with E-state index >= 15 is 0 Å². The average molecular weight is 408 g/mol. The molecule has 0 amide bonds. The van der Waals surface area contributed by atoms with Gasteiger partial charge in [-0.1, -0.05) is 56.3 Å². The standard InChI is InChI=1S/C28H25NS/c1-3-19(4-2)22-14-15-29-26(18-22)23-11-13-28-25(17-23)24-16-21(10-12-27(24)30-28)20-8-6-5-7-9-20/h5-19H,3-4H2,1-2H3. The minimum atomic E-state index is 0.603. The predicted molar refractivity (Wildman–Crippen MR) is 131 cm³/mol. The van der Waals surface area contributed by atoms with E-state index in [9.17, 15) is 0 Å². The normalized spacial score (nSPS) is 11.6. The summed E-state index contributed by atoms with van der Waals surface area (Å²) in [6.07, 6.45) is 4.29. The van der Waals surface area contributed by atoms with Gasteiger partial charge in [-0.15, -0.1) is 11.3 Å². The molecular formula is C28H25NS. The van der Waals surface area contributed by atoms with Crippen molar-refractivity contribution < 1.29 is 0 Å². The van der Waals surface area contributed by atoms with E-state index in [0.29, 0.717) is 5.92 Å². The van der Waals surface area contributed by atoms with Crippen molar-refractivity contribution in [1.29, 1.82) is 0 Å². The van der Waals surface area contributed by atoms with E-state index in [4.69, 9.17) is 4.98 Å². The Balaban J connectivity index is 1.63. The highest BCUT2D eigenvalue weighted by molar-refractivity contribution is 7.25. The smallest absolute Gasteiger partial charge is 0.0705 e. The van der Waals surface area contributed by atoms with Gasteiger partial charge < -0.3 is 0 Å². The molecule has 0 spiro atoms. The number of nitrogens with zero attached hydrogens (tertiary/aromatic N) is 1. The lowest BCUT2D eigenvalue weighted by molar-refractivity contribution is 0.641. The Morgan fingerprint density at radius 3 is 2.07 bits per heavy atom. The lowest BCUT2D eigenvalue weighted by atomic mass is 9.93. The molecule has 0 atom stereocenters. The molecule has 5 aromatic rings. The molecule has 2 aromatic heterocycles. The minimum absolute atomic E-state index is 0.603. The van der Waals surface area contributed by atoms with Crippen molar-refractivity contribution in [3.05, 3.63) is 90.6 Å². The highest BCUT2D eigenvalue weighted by Crippen LogP contribution is 2.38. The third-order valence-electron chi connectivity index (χ3n) is 6.11. The molecule has 30 heavy (non-hydrogen) atoms. The van der Waals surface area contributed by atoms with Crippen LogP contribution in [0.15, 0.2) is 85.1 Å². The maximum Gasteiger partial charge on any atom is 0.0705 e. The number of fused-ring (bicyclic) bond motifs is 3. The van der Waals surface area contributed by atoms with E-state index in [0.717, 1.165) is 18.5 Å². The summed E-state index contributed by atoms with van der Waals surface area (Å²) in [6.45, 7) is 4.53. The zero-order chi connectivity index (χ0) is 20.5. The van der Waals surface area contributed by atoms with Gasteiger partial charge in [0.2, 0.25) is 0 Å². The first-order chi connectivity index (χ1) is 14.8. The third kappa shape index (κ3) is 3.42. The first kappa shape index (κ1) is 19.0. The first-order valence-electron chi connectivity index (χ1n) is 10.7. The van der Waals surface area contributed by atoms with Crippen LogP contribution in [0.5, 0.6) is 0 Å². The van der Waals surface area contributed by atoms with Crippen LogP contribution in [0.3, 0.4) is 0 Å². The summed E-state index contributed by atoms with van der Waals surface area (Å²) in [6, 6.07) is 28.7. The fraction of sp³-hybridized carbons (Fsp3) is 0.179. The van der Waals surface area contributed by atoms with E-state index in [1.165, 1.54) is 42.4 Å². The van der Waals surface area contributed by atoms with Gasteiger partial charge in [0, 0.05) is 31.9 Å². The van der Waals surface area contributed by atoms with Gasteiger partial charge in [-0.05, 0) is 71.8 Å². The van der Waals surface area contributed by atoms with Gasteiger partial charge in [0.05, 0.1) is 5.69 Å². The lowest BCUT2D eigenvalue weighted by Gasteiger charge is -2.13. The molecule has 0 saturated heterocycles. The highest BCUT2D eigenvalue weighted by atomic mass is 32.1. The largest absolute Gasteiger partial charge is 0.256 e. The van der Waals surface area contributed by atoms with Gasteiger partial charge in [0.25, 0.3) is 0 Å². The van der Waals surface area contributed by atoms with E-state index in [1.54, 1.807) is 0 Å². The number of pyridine rings is 1. The Labute approximate surface area is 182 Å². The van der Waals surface area contributed by atoms with E-state index in [-0.39, 0.29) is 0 Å². The van der Waals surface area contributed by atoms with Crippen molar-refractivity contribution in [2.45, 2.75) is 32.6 Å². The summed E-state index contributed by atoms with van der Waals surface area (Å²) >= 11 is 1.86. The van der Waals surface area contributed by atoms with Gasteiger partial charge in [-0.2, -0.15) is 0 Å². The molecule has 0 N–H and O–H groups in total. The van der Waals surface area contributed by atoms with Crippen molar-refractivity contribution >= 4 is 31.5 Å². The first-order valence-corrected chi connectivity index (χ1v) is 11.6. The Morgan fingerprint density at radius 2 is 1.37 bits per heavy atom. The van der Waals surface area contributed by atoms with Gasteiger partial charge in [0.15, 0.2) is 0 Å². The number of thiophene rings is 1. The van der Waals surface area contributed by atoms with Crippen LogP contribution in [0, 0.1) is 0 Å². The zero-order valence-electron chi connectivity index (χ0n) is 17.4. The molecule has 2 heterocycles. The molecule has 0 saturated carbocycles. The van der Waals surface area contributed by atoms with Crippen LogP contribution in [-0.4, -0.2) is 4.98 Å². The lowest BCUT2D eigenvalue weighted by Crippen LogP contribution is -1.96. The SMILES string of the molecule is CCC(CC)c1ccnc(-c2ccc3sc4ccc(-c5ccccc5)cc4c3c2)c1. The number of aromatic nitrogens is 1. The van der Waals surface area contributed by atoms with Crippen molar-refractivity contribution in [3.63, 3.8) is 0 Å². The van der Waals surface area contributed by atoms with Crippen molar-refractivity contribution in [3.8, 4) is 22.4 Å². The Bertz CT molecular complexity index is 1310. The van der Waals surface area contributed by atoms with Crippen LogP contribution >= 0.6 is 11.3 Å². The molecule has 0 aliphatic rings. The van der Waals surface area contributed by atoms with E-state index in [2.05, 4.69) is 92.7 Å². The predicted octanol–water partition coefficient (Wildman–Crippen LogP) is 8.69. The van der Waals surface area contributed by atoms with Gasteiger partial charge in [-0.25, -0.2) is 0 Å². The number of hydrogen-bond acceptors (Lipinski definition) is 2. The number of rotatable bonds is 5. The maximum absolute atomic E-state index is 4.70. The molecule has 0 radical (unpaired) electrons. The Kier molecular flexibility index (Phi) is 5.10. The highest BCUT2D eigenvalue weighted by Gasteiger charge is 2.12. The molecule has 1 nitrogen and oxygen atoms in total. The summed E-state index contributed by atoms with van der Waals surface area (Å²) in [5, 5.41) is 2.65. The topological polar surface area (TPSA) is 12.9 Å². The van der Waals surface area contributed by atoms with Gasteiger partial charge in [-0.3, -0.25) is 4.98 Å². The van der Waals surface area contributed by atoms with Crippen LogP contribution in [-0.2, 0) is 0 Å². The van der Waals surface area contributed by atoms with Crippen molar-refractivity contribution in [2.75, 3.05) is 0 Å². The Morgan fingerprint density at radius 1 is 0.700 bits per heavy atom. The van der Waals surface area contributed by atoms with Crippen LogP contribution in [0.2, 0.25) is 0 Å². The fourth-order valence-corrected chi connectivity index (χ4v) is 5.43. The van der Waals surface area contributed by atoms with Crippen LogP contribution < -0.4 is 0 Å². The summed E-state index contributed by atoms with van der Waals surface area (Å²) in [5.41, 5.74) is 6.18. The van der Waals surface area contributed by atoms with Crippen LogP contribution in [0.25, 0.3) is 42.6 Å². The second kappa shape index (κ2) is 8.04. The van der Waals surface area contributed by atoms with E-state index in [1.807, 2.05) is 17.5 Å². The summed E-state index contributed by atoms with van der Waals surface area (Å²) < 4.78 is 2.66. The third-order valence-corrected chi connectivity index (χ3v) is 7.26. The van der Waals surface area contributed by atoms with Gasteiger partial charge >= 0.3 is 0 Å². The van der Waals surface area contributed by atoms with E-state index < -0.39 is 0 Å². The second-order valence-corrected chi connectivity index (χ2v) is 8.96. The zero-order valence-corrected chi connectivity index (χ0v) is 18.2. The number of benzene rings is 3. The molecule has 0 fully saturated rings. The maximum atomic E-state index is 4.70. The Hall–Kier alpha value is -2.97.